The molecule has 1 N–H and O–H groups in total. The second kappa shape index (κ2) is 7.13. The summed E-state index contributed by atoms with van der Waals surface area (Å²) in [5, 5.41) is 2.73. The normalized spacial score (nSPS) is 16.4. The number of benzene rings is 1. The zero-order valence-corrected chi connectivity index (χ0v) is 13.4. The van der Waals surface area contributed by atoms with E-state index in [-0.39, 0.29) is 24.7 Å². The molecule has 2 amide bonds. The number of hydrogen-bond donors (Lipinski definition) is 1. The number of ether oxygens (including phenoxy) is 2. The minimum Gasteiger partial charge on any atom is -0.479 e. The van der Waals surface area contributed by atoms with Gasteiger partial charge in [-0.1, -0.05) is 6.07 Å². The van der Waals surface area contributed by atoms with E-state index in [1.807, 2.05) is 6.07 Å². The van der Waals surface area contributed by atoms with Gasteiger partial charge in [0.2, 0.25) is 5.91 Å². The van der Waals surface area contributed by atoms with Crippen LogP contribution in [0.4, 0.5) is 5.69 Å². The van der Waals surface area contributed by atoms with Crippen molar-refractivity contribution in [3.63, 3.8) is 0 Å². The van der Waals surface area contributed by atoms with Gasteiger partial charge in [-0.3, -0.25) is 14.4 Å². The van der Waals surface area contributed by atoms with Crippen LogP contribution in [0.2, 0.25) is 0 Å². The Bertz CT molecular complexity index is 629. The average molecular weight is 320 g/mol. The average Bonchev–Trinajstić information content (AvgIpc) is 2.56. The molecule has 0 saturated carbocycles. The van der Waals surface area contributed by atoms with E-state index >= 15 is 0 Å². The van der Waals surface area contributed by atoms with Crippen LogP contribution >= 0.6 is 0 Å². The molecule has 0 aliphatic carbocycles. The Balaban J connectivity index is 1.96. The Morgan fingerprint density at radius 2 is 2.09 bits per heavy atom. The van der Waals surface area contributed by atoms with Crippen LogP contribution in [0.15, 0.2) is 18.2 Å². The number of rotatable bonds is 5. The first-order valence-electron chi connectivity index (χ1n) is 7.33. The van der Waals surface area contributed by atoms with E-state index in [1.165, 1.54) is 7.11 Å². The Kier molecular flexibility index (Phi) is 5.20. The molecule has 1 aliphatic heterocycles. The summed E-state index contributed by atoms with van der Waals surface area (Å²) in [5.41, 5.74) is 1.52. The molecule has 0 aromatic heterocycles. The quantitative estimate of drug-likeness (QED) is 0.818. The Morgan fingerprint density at radius 3 is 2.78 bits per heavy atom. The lowest BCUT2D eigenvalue weighted by Crippen LogP contribution is -2.42. The number of nitrogens with zero attached hydrogens (tertiary/aromatic N) is 1. The van der Waals surface area contributed by atoms with Crippen molar-refractivity contribution in [2.45, 2.75) is 32.4 Å². The van der Waals surface area contributed by atoms with Gasteiger partial charge in [-0.15, -0.1) is 0 Å². The fourth-order valence-electron chi connectivity index (χ4n) is 2.27. The molecule has 1 aromatic carbocycles. The van der Waals surface area contributed by atoms with E-state index < -0.39 is 12.1 Å². The highest BCUT2D eigenvalue weighted by Gasteiger charge is 2.28. The number of methoxy groups -OCH3 is 1. The van der Waals surface area contributed by atoms with Crippen LogP contribution in [0.5, 0.6) is 5.75 Å². The molecule has 0 bridgehead atoms. The summed E-state index contributed by atoms with van der Waals surface area (Å²) >= 11 is 0. The molecule has 1 aliphatic rings. The monoisotopic (exact) mass is 320 g/mol. The highest BCUT2D eigenvalue weighted by molar-refractivity contribution is 5.99. The Labute approximate surface area is 134 Å². The number of fused-ring (bicyclic) bond motifs is 1. The standard InChI is InChI=1S/C16H20N2O5/c1-10-16(21)18(2)12-8-11(4-5-13(12)23-10)9-17-14(19)6-7-15(20)22-3/h4-5,8,10H,6-7,9H2,1-3H3,(H,17,19). The molecule has 0 fully saturated rings. The van der Waals surface area contributed by atoms with E-state index in [0.717, 1.165) is 5.56 Å². The van der Waals surface area contributed by atoms with Crippen molar-refractivity contribution in [3.8, 4) is 5.75 Å². The molecule has 7 nitrogen and oxygen atoms in total. The van der Waals surface area contributed by atoms with Crippen LogP contribution in [0.1, 0.15) is 25.3 Å². The number of likely N-dealkylation sites (N-methyl/N-ethyl adjacent to an activating group) is 1. The van der Waals surface area contributed by atoms with Crippen molar-refractivity contribution < 1.29 is 23.9 Å². The highest BCUT2D eigenvalue weighted by Crippen LogP contribution is 2.33. The molecular weight excluding hydrogens is 300 g/mol. The second-order valence-corrected chi connectivity index (χ2v) is 5.31. The summed E-state index contributed by atoms with van der Waals surface area (Å²) in [6.07, 6.45) is -0.372. The van der Waals surface area contributed by atoms with E-state index in [2.05, 4.69) is 10.1 Å². The lowest BCUT2D eigenvalue weighted by atomic mass is 10.1. The van der Waals surface area contributed by atoms with Crippen molar-refractivity contribution in [3.05, 3.63) is 23.8 Å². The number of anilines is 1. The van der Waals surface area contributed by atoms with Crippen LogP contribution in [-0.4, -0.2) is 38.0 Å². The van der Waals surface area contributed by atoms with Gasteiger partial charge in [0.05, 0.1) is 19.2 Å². The number of hydrogen-bond acceptors (Lipinski definition) is 5. The van der Waals surface area contributed by atoms with Crippen LogP contribution in [-0.2, 0) is 25.7 Å². The van der Waals surface area contributed by atoms with Gasteiger partial charge in [0, 0.05) is 20.0 Å². The SMILES string of the molecule is COC(=O)CCC(=O)NCc1ccc2c(c1)N(C)C(=O)C(C)O2. The molecule has 0 saturated heterocycles. The van der Waals surface area contributed by atoms with Crippen LogP contribution in [0, 0.1) is 0 Å². The summed E-state index contributed by atoms with van der Waals surface area (Å²) in [7, 11) is 2.98. The van der Waals surface area contributed by atoms with Gasteiger partial charge in [-0.05, 0) is 24.6 Å². The lowest BCUT2D eigenvalue weighted by Gasteiger charge is -2.30. The summed E-state index contributed by atoms with van der Waals surface area (Å²) in [5.74, 6) is -0.125. The molecule has 0 spiro atoms. The summed E-state index contributed by atoms with van der Waals surface area (Å²) < 4.78 is 10.0. The van der Waals surface area contributed by atoms with Gasteiger partial charge in [0.15, 0.2) is 6.10 Å². The maximum atomic E-state index is 11.9. The maximum absolute atomic E-state index is 11.9. The molecule has 1 heterocycles. The molecular formula is C16H20N2O5. The van der Waals surface area contributed by atoms with Gasteiger partial charge >= 0.3 is 5.97 Å². The number of carbonyl (C=O) groups is 3. The van der Waals surface area contributed by atoms with Crippen molar-refractivity contribution in [1.82, 2.24) is 5.32 Å². The first-order chi connectivity index (χ1) is 10.9. The smallest absolute Gasteiger partial charge is 0.306 e. The minimum absolute atomic E-state index is 0.0511. The summed E-state index contributed by atoms with van der Waals surface area (Å²) in [6.45, 7) is 2.02. The molecule has 0 radical (unpaired) electrons. The van der Waals surface area contributed by atoms with E-state index in [0.29, 0.717) is 18.0 Å². The van der Waals surface area contributed by atoms with E-state index in [1.54, 1.807) is 31.0 Å². The summed E-state index contributed by atoms with van der Waals surface area (Å²) in [4.78, 5) is 36.1. The third kappa shape index (κ3) is 4.00. The maximum Gasteiger partial charge on any atom is 0.306 e. The third-order valence-electron chi connectivity index (χ3n) is 3.64. The van der Waals surface area contributed by atoms with E-state index in [9.17, 15) is 14.4 Å². The van der Waals surface area contributed by atoms with Gasteiger partial charge < -0.3 is 19.7 Å². The van der Waals surface area contributed by atoms with Crippen molar-refractivity contribution in [2.75, 3.05) is 19.1 Å². The largest absolute Gasteiger partial charge is 0.479 e. The van der Waals surface area contributed by atoms with Crippen molar-refractivity contribution in [1.29, 1.82) is 0 Å². The third-order valence-corrected chi connectivity index (χ3v) is 3.64. The molecule has 1 unspecified atom stereocenters. The minimum atomic E-state index is -0.503. The van der Waals surface area contributed by atoms with E-state index in [4.69, 9.17) is 4.74 Å². The first-order valence-corrected chi connectivity index (χ1v) is 7.33. The molecule has 1 atom stereocenters. The molecule has 124 valence electrons. The van der Waals surface area contributed by atoms with Crippen LogP contribution in [0.3, 0.4) is 0 Å². The highest BCUT2D eigenvalue weighted by atomic mass is 16.5. The van der Waals surface area contributed by atoms with Gasteiger partial charge in [-0.2, -0.15) is 0 Å². The molecule has 7 heteroatoms. The van der Waals surface area contributed by atoms with Crippen molar-refractivity contribution >= 4 is 23.5 Å². The fraction of sp³-hybridized carbons (Fsp3) is 0.438. The zero-order valence-electron chi connectivity index (χ0n) is 13.4. The van der Waals surface area contributed by atoms with Crippen LogP contribution < -0.4 is 15.0 Å². The predicted molar refractivity (Wildman–Crippen MR) is 83.0 cm³/mol. The van der Waals surface area contributed by atoms with Gasteiger partial charge in [-0.25, -0.2) is 0 Å². The molecule has 23 heavy (non-hydrogen) atoms. The molecule has 1 aromatic rings. The number of carbonyl (C=O) groups excluding carboxylic acids is 3. The first kappa shape index (κ1) is 16.8. The second-order valence-electron chi connectivity index (χ2n) is 5.31. The zero-order chi connectivity index (χ0) is 17.0. The molecule has 2 rings (SSSR count). The fourth-order valence-corrected chi connectivity index (χ4v) is 2.27. The Hall–Kier alpha value is -2.57. The number of nitrogens with one attached hydrogen (secondary N) is 1. The Morgan fingerprint density at radius 1 is 1.35 bits per heavy atom. The van der Waals surface area contributed by atoms with Crippen molar-refractivity contribution in [2.24, 2.45) is 0 Å². The topological polar surface area (TPSA) is 84.9 Å². The lowest BCUT2D eigenvalue weighted by molar-refractivity contribution is -0.142. The number of amides is 2. The number of esters is 1. The predicted octanol–water partition coefficient (Wildman–Crippen LogP) is 1.000. The van der Waals surface area contributed by atoms with Gasteiger partial charge in [0.25, 0.3) is 5.91 Å². The van der Waals surface area contributed by atoms with Crippen LogP contribution in [0.25, 0.3) is 0 Å². The van der Waals surface area contributed by atoms with Gasteiger partial charge in [0.1, 0.15) is 5.75 Å². The summed E-state index contributed by atoms with van der Waals surface area (Å²) in [6, 6.07) is 5.42.